The summed E-state index contributed by atoms with van der Waals surface area (Å²) in [6.45, 7) is 4.60. The third kappa shape index (κ3) is 33.0. The van der Waals surface area contributed by atoms with Crippen LogP contribution in [0.4, 0.5) is 0 Å². The highest BCUT2D eigenvalue weighted by molar-refractivity contribution is 6.94. The molecule has 0 bridgehead atoms. The summed E-state index contributed by atoms with van der Waals surface area (Å²) in [5, 5.41) is 0. The molecule has 0 N–H and O–H groups in total. The van der Waals surface area contributed by atoms with Crippen molar-refractivity contribution in [3.05, 3.63) is 0 Å². The van der Waals surface area contributed by atoms with Crippen LogP contribution in [0.3, 0.4) is 0 Å². The molecule has 0 aromatic rings. The molecule has 0 atom stereocenters. The molecule has 0 aliphatic carbocycles. The molecular weight excluding hydrogens is 557 g/mol. The Balaban J connectivity index is 3.49. The summed E-state index contributed by atoms with van der Waals surface area (Å²) in [4.78, 5) is 0. The molecule has 0 saturated carbocycles. The molecule has 0 fully saturated rings. The summed E-state index contributed by atoms with van der Waals surface area (Å²) in [6, 6.07) is 2.33. The van der Waals surface area contributed by atoms with Crippen LogP contribution in [0.5, 0.6) is 0 Å². The maximum absolute atomic E-state index is 6.04. The Morgan fingerprint density at radius 3 is 0.578 bits per heavy atom. The largest absolute Gasteiger partial charge is 0.216 e. The highest BCUT2D eigenvalue weighted by Gasteiger charge is 2.27. The van der Waals surface area contributed by atoms with Crippen LogP contribution in [0.25, 0.3) is 0 Å². The van der Waals surface area contributed by atoms with Gasteiger partial charge in [0.05, 0.1) is 0 Å². The Bertz CT molecular complexity index is 580. The van der Waals surface area contributed by atoms with Gasteiger partial charge < -0.3 is 0 Å². The molecular formula is C44H84Si. The summed E-state index contributed by atoms with van der Waals surface area (Å²) in [7, 11) is -1.91. The van der Waals surface area contributed by atoms with E-state index < -0.39 is 8.07 Å². The van der Waals surface area contributed by atoms with Crippen molar-refractivity contribution in [1.82, 2.24) is 0 Å². The lowest BCUT2D eigenvalue weighted by Crippen LogP contribution is -2.30. The highest BCUT2D eigenvalue weighted by atomic mass is 28.3. The fourth-order valence-corrected chi connectivity index (χ4v) is 9.73. The minimum Gasteiger partial charge on any atom is -0.126 e. The Labute approximate surface area is 288 Å². The monoisotopic (exact) mass is 641 g/mol. The van der Waals surface area contributed by atoms with E-state index in [1.165, 1.54) is 231 Å². The van der Waals surface area contributed by atoms with E-state index in [1.54, 1.807) is 0 Å². The summed E-state index contributed by atoms with van der Waals surface area (Å²) >= 11 is 0. The molecule has 45 heavy (non-hydrogen) atoms. The molecule has 264 valence electrons. The second-order valence-electron chi connectivity index (χ2n) is 14.9. The fourth-order valence-electron chi connectivity index (χ4n) is 7.11. The van der Waals surface area contributed by atoms with Crippen LogP contribution in [0, 0.1) is 23.9 Å². The van der Waals surface area contributed by atoms with E-state index in [4.69, 9.17) is 12.8 Å². The Hall–Kier alpha value is -0.663. The molecule has 1 heteroatoms. The van der Waals surface area contributed by atoms with E-state index >= 15 is 0 Å². The molecule has 0 unspecified atom stereocenters. The number of terminal acetylenes is 2. The lowest BCUT2D eigenvalue weighted by atomic mass is 10.0. The van der Waals surface area contributed by atoms with E-state index in [2.05, 4.69) is 24.9 Å². The number of hydrogen-bond donors (Lipinski definition) is 0. The van der Waals surface area contributed by atoms with Gasteiger partial charge in [0.15, 0.2) is 0 Å². The molecule has 0 aliphatic heterocycles. The van der Waals surface area contributed by atoms with Crippen molar-refractivity contribution in [3.8, 4) is 23.9 Å². The minimum absolute atomic E-state index is 1.16. The molecule has 0 rings (SSSR count). The predicted molar refractivity (Wildman–Crippen MR) is 211 cm³/mol. The normalized spacial score (nSPS) is 11.6. The van der Waals surface area contributed by atoms with Gasteiger partial charge in [0.2, 0.25) is 8.07 Å². The van der Waals surface area contributed by atoms with E-state index in [0.29, 0.717) is 0 Å². The first-order valence-electron chi connectivity index (χ1n) is 21.2. The van der Waals surface area contributed by atoms with Gasteiger partial charge in [-0.3, -0.25) is 0 Å². The van der Waals surface area contributed by atoms with Crippen LogP contribution in [-0.2, 0) is 0 Å². The van der Waals surface area contributed by atoms with Crippen LogP contribution < -0.4 is 0 Å². The summed E-state index contributed by atoms with van der Waals surface area (Å²) < 4.78 is 0. The summed E-state index contributed by atoms with van der Waals surface area (Å²) in [5.41, 5.74) is 6.36. The quantitative estimate of drug-likeness (QED) is 0.0358. The van der Waals surface area contributed by atoms with Crippen LogP contribution >= 0.6 is 0 Å². The van der Waals surface area contributed by atoms with Crippen LogP contribution in [0.1, 0.15) is 245 Å². The molecule has 0 aliphatic rings. The van der Waals surface area contributed by atoms with Gasteiger partial charge in [-0.15, -0.1) is 23.9 Å². The predicted octanol–water partition coefficient (Wildman–Crippen LogP) is 15.9. The second-order valence-corrected chi connectivity index (χ2v) is 18.6. The van der Waals surface area contributed by atoms with Gasteiger partial charge in [-0.25, -0.2) is 0 Å². The third-order valence-electron chi connectivity index (χ3n) is 10.5. The molecule has 0 heterocycles. The van der Waals surface area contributed by atoms with E-state index in [-0.39, 0.29) is 0 Å². The lowest BCUT2D eigenvalue weighted by molar-refractivity contribution is 0.526. The first-order valence-corrected chi connectivity index (χ1v) is 23.6. The second kappa shape index (κ2) is 37.8. The summed E-state index contributed by atoms with van der Waals surface area (Å²) in [6.07, 6.45) is 63.3. The average molecular weight is 641 g/mol. The fraction of sp³-hybridized carbons (Fsp3) is 0.909. The SMILES string of the molecule is C#C[Si](C#C)(CCCCCCCCCCCCCCCCCCCC)CCCCCCCCCCCCCCCCCCCC. The lowest BCUT2D eigenvalue weighted by Gasteiger charge is -2.19. The average Bonchev–Trinajstić information content (AvgIpc) is 3.06. The number of rotatable bonds is 38. The zero-order chi connectivity index (χ0) is 32.8. The van der Waals surface area contributed by atoms with Crippen LogP contribution in [0.2, 0.25) is 12.1 Å². The maximum atomic E-state index is 6.04. The first-order chi connectivity index (χ1) is 22.2. The summed E-state index contributed by atoms with van der Waals surface area (Å²) in [5.74, 6) is 0. The van der Waals surface area contributed by atoms with Crippen LogP contribution in [-0.4, -0.2) is 8.07 Å². The zero-order valence-electron chi connectivity index (χ0n) is 31.5. The van der Waals surface area contributed by atoms with Crippen LogP contribution in [0.15, 0.2) is 0 Å². The maximum Gasteiger partial charge on any atom is 0.216 e. The Morgan fingerprint density at radius 2 is 0.422 bits per heavy atom. The van der Waals surface area contributed by atoms with E-state index in [1.807, 2.05) is 0 Å². The smallest absolute Gasteiger partial charge is 0.126 e. The molecule has 0 spiro atoms. The van der Waals surface area contributed by atoms with Gasteiger partial charge in [-0.1, -0.05) is 245 Å². The van der Waals surface area contributed by atoms with Gasteiger partial charge in [0, 0.05) is 0 Å². The first kappa shape index (κ1) is 44.3. The standard InChI is InChI=1S/C44H84Si/c1-5-9-11-13-15-17-19-21-23-25-27-29-31-33-35-37-39-41-43-45(7-3,8-4)44-42-40-38-36-34-32-30-28-26-24-22-20-18-16-14-12-10-6-2/h3-4H,5-6,9-44H2,1-2H3. The zero-order valence-corrected chi connectivity index (χ0v) is 32.5. The number of hydrogen-bond acceptors (Lipinski definition) is 0. The van der Waals surface area contributed by atoms with Crippen molar-refractivity contribution in [2.24, 2.45) is 0 Å². The van der Waals surface area contributed by atoms with E-state index in [0.717, 1.165) is 12.1 Å². The molecule has 0 amide bonds. The number of unbranched alkanes of at least 4 members (excludes halogenated alkanes) is 34. The van der Waals surface area contributed by atoms with Crippen molar-refractivity contribution in [2.75, 3.05) is 0 Å². The van der Waals surface area contributed by atoms with Gasteiger partial charge in [0.1, 0.15) is 0 Å². The van der Waals surface area contributed by atoms with Crippen molar-refractivity contribution >= 4 is 8.07 Å². The third-order valence-corrected chi connectivity index (χ3v) is 14.0. The molecule has 0 aromatic heterocycles. The van der Waals surface area contributed by atoms with Gasteiger partial charge in [0.25, 0.3) is 0 Å². The Morgan fingerprint density at radius 1 is 0.267 bits per heavy atom. The molecule has 0 nitrogen and oxygen atoms in total. The van der Waals surface area contributed by atoms with Crippen molar-refractivity contribution in [3.63, 3.8) is 0 Å². The minimum atomic E-state index is -1.91. The van der Waals surface area contributed by atoms with E-state index in [9.17, 15) is 0 Å². The topological polar surface area (TPSA) is 0 Å². The molecule has 0 radical (unpaired) electrons. The Kier molecular flexibility index (Phi) is 37.2. The van der Waals surface area contributed by atoms with Crippen molar-refractivity contribution in [1.29, 1.82) is 0 Å². The molecule has 0 saturated heterocycles. The highest BCUT2D eigenvalue weighted by Crippen LogP contribution is 2.23. The van der Waals surface area contributed by atoms with Crippen molar-refractivity contribution in [2.45, 2.75) is 257 Å². The van der Waals surface area contributed by atoms with Gasteiger partial charge in [-0.2, -0.15) is 0 Å². The van der Waals surface area contributed by atoms with Gasteiger partial charge >= 0.3 is 0 Å². The van der Waals surface area contributed by atoms with Crippen molar-refractivity contribution < 1.29 is 0 Å². The van der Waals surface area contributed by atoms with Gasteiger partial charge in [-0.05, 0) is 12.1 Å². The molecule has 0 aromatic carbocycles.